The maximum absolute atomic E-state index is 13.5. The molecule has 0 saturated heterocycles. The van der Waals surface area contributed by atoms with E-state index in [9.17, 15) is 12.8 Å². The first kappa shape index (κ1) is 16.5. The molecule has 1 atom stereocenters. The predicted octanol–water partition coefficient (Wildman–Crippen LogP) is 3.65. The summed E-state index contributed by atoms with van der Waals surface area (Å²) in [6, 6.07) is 3.24. The first-order valence-corrected chi connectivity index (χ1v) is 9.34. The van der Waals surface area contributed by atoms with Crippen LogP contribution in [0.1, 0.15) is 29.8 Å². The average molecular weight is 393 g/mol. The zero-order chi connectivity index (χ0) is 15.6. The third kappa shape index (κ3) is 3.88. The normalized spacial score (nSPS) is 13.3. The molecule has 1 aromatic carbocycles. The molecule has 0 radical (unpaired) electrons. The molecule has 0 amide bonds. The van der Waals surface area contributed by atoms with Crippen molar-refractivity contribution in [2.24, 2.45) is 0 Å². The quantitative estimate of drug-likeness (QED) is 0.844. The predicted molar refractivity (Wildman–Crippen MR) is 84.3 cm³/mol. The summed E-state index contributed by atoms with van der Waals surface area (Å²) in [6.07, 6.45) is 2.60. The summed E-state index contributed by atoms with van der Waals surface area (Å²) in [7, 11) is -3.79. The molecule has 114 valence electrons. The molecule has 0 aliphatic rings. The summed E-state index contributed by atoms with van der Waals surface area (Å²) in [4.78, 5) is 5.19. The summed E-state index contributed by atoms with van der Waals surface area (Å²) >= 11 is 4.46. The summed E-state index contributed by atoms with van der Waals surface area (Å²) in [5.74, 6) is -0.618. The number of benzene rings is 1. The van der Waals surface area contributed by atoms with Crippen molar-refractivity contribution in [3.8, 4) is 0 Å². The Kier molecular flexibility index (Phi) is 5.13. The molecular formula is C13H14BrFN2O2S2. The highest BCUT2D eigenvalue weighted by atomic mass is 79.9. The monoisotopic (exact) mass is 392 g/mol. The van der Waals surface area contributed by atoms with Crippen molar-refractivity contribution in [1.82, 2.24) is 9.71 Å². The summed E-state index contributed by atoms with van der Waals surface area (Å²) in [6.45, 7) is 3.72. The third-order valence-corrected chi connectivity index (χ3v) is 6.33. The van der Waals surface area contributed by atoms with Gasteiger partial charge in [-0.3, -0.25) is 0 Å². The standard InChI is InChI=1S/C13H14BrFN2O2S2/c1-3-9-7-16-13(20-9)8(2)17-21(18,19)10-4-5-11(14)12(15)6-10/h4-8,17H,3H2,1-2H3. The van der Waals surface area contributed by atoms with Gasteiger partial charge < -0.3 is 0 Å². The minimum atomic E-state index is -3.79. The van der Waals surface area contributed by atoms with Crippen LogP contribution in [0.4, 0.5) is 4.39 Å². The molecule has 1 aromatic heterocycles. The highest BCUT2D eigenvalue weighted by molar-refractivity contribution is 9.10. The van der Waals surface area contributed by atoms with Crippen molar-refractivity contribution in [1.29, 1.82) is 0 Å². The zero-order valence-electron chi connectivity index (χ0n) is 11.4. The zero-order valence-corrected chi connectivity index (χ0v) is 14.6. The van der Waals surface area contributed by atoms with Crippen molar-refractivity contribution in [3.05, 3.63) is 44.6 Å². The lowest BCUT2D eigenvalue weighted by molar-refractivity contribution is 0.563. The third-order valence-electron chi connectivity index (χ3n) is 2.82. The maximum Gasteiger partial charge on any atom is 0.241 e. The minimum absolute atomic E-state index is 0.109. The van der Waals surface area contributed by atoms with E-state index in [1.807, 2.05) is 6.92 Å². The Morgan fingerprint density at radius 1 is 1.48 bits per heavy atom. The van der Waals surface area contributed by atoms with Gasteiger partial charge in [0.1, 0.15) is 10.8 Å². The van der Waals surface area contributed by atoms with Gasteiger partial charge in [0.15, 0.2) is 0 Å². The van der Waals surface area contributed by atoms with E-state index < -0.39 is 21.9 Å². The molecule has 2 aromatic rings. The van der Waals surface area contributed by atoms with Crippen LogP contribution in [0.15, 0.2) is 33.8 Å². The van der Waals surface area contributed by atoms with Crippen LogP contribution in [-0.4, -0.2) is 13.4 Å². The summed E-state index contributed by atoms with van der Waals surface area (Å²) in [5, 5.41) is 0.688. The molecular weight excluding hydrogens is 379 g/mol. The van der Waals surface area contributed by atoms with Crippen molar-refractivity contribution in [2.75, 3.05) is 0 Å². The van der Waals surface area contributed by atoms with Gasteiger partial charge in [-0.05, 0) is 47.5 Å². The molecule has 2 rings (SSSR count). The van der Waals surface area contributed by atoms with Gasteiger partial charge in [-0.2, -0.15) is 0 Å². The van der Waals surface area contributed by atoms with Gasteiger partial charge in [0, 0.05) is 11.1 Å². The smallest absolute Gasteiger partial charge is 0.241 e. The molecule has 0 spiro atoms. The highest BCUT2D eigenvalue weighted by Crippen LogP contribution is 2.24. The van der Waals surface area contributed by atoms with E-state index in [-0.39, 0.29) is 9.37 Å². The average Bonchev–Trinajstić information content (AvgIpc) is 2.90. The second kappa shape index (κ2) is 6.51. The van der Waals surface area contributed by atoms with Crippen LogP contribution < -0.4 is 4.72 Å². The van der Waals surface area contributed by atoms with Crippen LogP contribution in [0.5, 0.6) is 0 Å². The molecule has 1 heterocycles. The van der Waals surface area contributed by atoms with E-state index >= 15 is 0 Å². The highest BCUT2D eigenvalue weighted by Gasteiger charge is 2.21. The van der Waals surface area contributed by atoms with Gasteiger partial charge in [0.05, 0.1) is 15.4 Å². The molecule has 4 nitrogen and oxygen atoms in total. The van der Waals surface area contributed by atoms with Crippen LogP contribution in [0, 0.1) is 5.82 Å². The Bertz CT molecular complexity index is 746. The van der Waals surface area contributed by atoms with E-state index in [0.29, 0.717) is 5.01 Å². The molecule has 0 fully saturated rings. The first-order chi connectivity index (χ1) is 9.83. The number of aromatic nitrogens is 1. The van der Waals surface area contributed by atoms with Crippen molar-refractivity contribution >= 4 is 37.3 Å². The Morgan fingerprint density at radius 2 is 2.19 bits per heavy atom. The molecule has 1 unspecified atom stereocenters. The summed E-state index contributed by atoms with van der Waals surface area (Å²) in [5.41, 5.74) is 0. The van der Waals surface area contributed by atoms with Gasteiger partial charge >= 0.3 is 0 Å². The lowest BCUT2D eigenvalue weighted by atomic mass is 10.3. The number of nitrogens with one attached hydrogen (secondary N) is 1. The number of nitrogens with zero attached hydrogens (tertiary/aromatic N) is 1. The Hall–Kier alpha value is -0.830. The largest absolute Gasteiger partial charge is 0.248 e. The topological polar surface area (TPSA) is 59.1 Å². The lowest BCUT2D eigenvalue weighted by Gasteiger charge is -2.12. The maximum atomic E-state index is 13.5. The van der Waals surface area contributed by atoms with Gasteiger partial charge in [-0.25, -0.2) is 22.5 Å². The van der Waals surface area contributed by atoms with Gasteiger partial charge in [0.25, 0.3) is 0 Å². The van der Waals surface area contributed by atoms with E-state index in [1.165, 1.54) is 23.5 Å². The molecule has 0 bridgehead atoms. The van der Waals surface area contributed by atoms with Crippen LogP contribution >= 0.6 is 27.3 Å². The number of hydrogen-bond acceptors (Lipinski definition) is 4. The van der Waals surface area contributed by atoms with Crippen LogP contribution in [0.25, 0.3) is 0 Å². The van der Waals surface area contributed by atoms with Crippen molar-refractivity contribution in [2.45, 2.75) is 31.2 Å². The number of halogens is 2. The number of thiazole rings is 1. The SMILES string of the molecule is CCc1cnc(C(C)NS(=O)(=O)c2ccc(Br)c(F)c2)s1. The van der Waals surface area contributed by atoms with Crippen LogP contribution in [0.3, 0.4) is 0 Å². The van der Waals surface area contributed by atoms with Gasteiger partial charge in [-0.1, -0.05) is 6.92 Å². The Balaban J connectivity index is 2.22. The molecule has 0 aliphatic heterocycles. The van der Waals surface area contributed by atoms with Crippen molar-refractivity contribution < 1.29 is 12.8 Å². The van der Waals surface area contributed by atoms with Crippen molar-refractivity contribution in [3.63, 3.8) is 0 Å². The van der Waals surface area contributed by atoms with Gasteiger partial charge in [-0.15, -0.1) is 11.3 Å². The minimum Gasteiger partial charge on any atom is -0.248 e. The number of rotatable bonds is 5. The van der Waals surface area contributed by atoms with E-state index in [2.05, 4.69) is 25.6 Å². The lowest BCUT2D eigenvalue weighted by Crippen LogP contribution is -2.26. The molecule has 1 N–H and O–H groups in total. The van der Waals surface area contributed by atoms with Crippen LogP contribution in [-0.2, 0) is 16.4 Å². The first-order valence-electron chi connectivity index (χ1n) is 6.25. The Morgan fingerprint density at radius 3 is 2.76 bits per heavy atom. The number of hydrogen-bond donors (Lipinski definition) is 1. The van der Waals surface area contributed by atoms with E-state index in [4.69, 9.17) is 0 Å². The number of aryl methyl sites for hydroxylation is 1. The van der Waals surface area contributed by atoms with Gasteiger partial charge in [0.2, 0.25) is 10.0 Å². The second-order valence-electron chi connectivity index (χ2n) is 4.44. The van der Waals surface area contributed by atoms with E-state index in [0.717, 1.165) is 17.4 Å². The fraction of sp³-hybridized carbons (Fsp3) is 0.308. The molecule has 8 heteroatoms. The van der Waals surface area contributed by atoms with Crippen LogP contribution in [0.2, 0.25) is 0 Å². The second-order valence-corrected chi connectivity index (χ2v) is 8.15. The van der Waals surface area contributed by atoms with E-state index in [1.54, 1.807) is 13.1 Å². The molecule has 21 heavy (non-hydrogen) atoms. The Labute approximate surface area is 135 Å². The fourth-order valence-electron chi connectivity index (χ4n) is 1.68. The number of sulfonamides is 1. The molecule has 0 aliphatic carbocycles. The molecule has 0 saturated carbocycles. The summed E-state index contributed by atoms with van der Waals surface area (Å²) < 4.78 is 40.7. The fourth-order valence-corrected chi connectivity index (χ4v) is 4.08.